The third-order valence-corrected chi connectivity index (χ3v) is 4.75. The lowest BCUT2D eigenvalue weighted by molar-refractivity contribution is -0.139. The van der Waals surface area contributed by atoms with Crippen molar-refractivity contribution in [3.8, 4) is 11.6 Å². The molecule has 0 fully saturated rings. The number of pyridine rings is 1. The molecule has 33 heavy (non-hydrogen) atoms. The van der Waals surface area contributed by atoms with Crippen LogP contribution in [0.1, 0.15) is 16.7 Å². The summed E-state index contributed by atoms with van der Waals surface area (Å²) >= 11 is 0. The Hall–Kier alpha value is -3.89. The van der Waals surface area contributed by atoms with Crippen LogP contribution in [-0.2, 0) is 18.9 Å². The third kappa shape index (κ3) is 4.81. The van der Waals surface area contributed by atoms with Crippen molar-refractivity contribution in [2.24, 2.45) is 0 Å². The predicted octanol–water partition coefficient (Wildman–Crippen LogP) is 5.67. The largest absolute Gasteiger partial charge is 0.438 e. The van der Waals surface area contributed by atoms with Crippen molar-refractivity contribution in [1.82, 2.24) is 14.5 Å². The normalized spacial score (nSPS) is 12.2. The van der Waals surface area contributed by atoms with Crippen molar-refractivity contribution in [1.29, 1.82) is 0 Å². The smallest absolute Gasteiger partial charge is 0.421 e. The number of benzene rings is 2. The maximum Gasteiger partial charge on any atom is 0.421 e. The van der Waals surface area contributed by atoms with Crippen LogP contribution in [0.4, 0.5) is 26.3 Å². The van der Waals surface area contributed by atoms with Gasteiger partial charge in [0, 0.05) is 12.7 Å². The number of halogens is 6. The minimum absolute atomic E-state index is 0.0575. The first-order valence-electron chi connectivity index (χ1n) is 9.38. The third-order valence-electron chi connectivity index (χ3n) is 4.75. The van der Waals surface area contributed by atoms with Gasteiger partial charge >= 0.3 is 12.4 Å². The van der Waals surface area contributed by atoms with Gasteiger partial charge in [-0.3, -0.25) is 4.79 Å². The van der Waals surface area contributed by atoms with Gasteiger partial charge < -0.3 is 9.30 Å². The van der Waals surface area contributed by atoms with Crippen LogP contribution < -0.4 is 10.3 Å². The van der Waals surface area contributed by atoms with Crippen molar-refractivity contribution < 1.29 is 31.1 Å². The Bertz CT molecular complexity index is 1360. The highest BCUT2D eigenvalue weighted by Crippen LogP contribution is 2.37. The molecule has 0 saturated heterocycles. The van der Waals surface area contributed by atoms with E-state index in [1.54, 1.807) is 0 Å². The number of nitrogens with zero attached hydrogens (tertiary/aromatic N) is 3. The summed E-state index contributed by atoms with van der Waals surface area (Å²) in [5.74, 6) is -0.726. The lowest BCUT2D eigenvalue weighted by Crippen LogP contribution is -2.13. The van der Waals surface area contributed by atoms with E-state index in [0.717, 1.165) is 30.5 Å². The first-order valence-corrected chi connectivity index (χ1v) is 9.38. The maximum absolute atomic E-state index is 13.2. The molecule has 0 unspecified atom stereocenters. The number of rotatable bonds is 4. The molecule has 2 aromatic carbocycles. The zero-order valence-electron chi connectivity index (χ0n) is 16.5. The Balaban J connectivity index is 1.67. The molecule has 0 saturated carbocycles. The molecule has 0 amide bonds. The van der Waals surface area contributed by atoms with E-state index in [1.807, 2.05) is 0 Å². The summed E-state index contributed by atoms with van der Waals surface area (Å²) in [6.45, 7) is 0.112. The highest BCUT2D eigenvalue weighted by atomic mass is 19.4. The molecule has 170 valence electrons. The number of alkyl halides is 6. The average molecular weight is 465 g/mol. The van der Waals surface area contributed by atoms with Gasteiger partial charge in [0.25, 0.3) is 5.56 Å². The minimum Gasteiger partial charge on any atom is -0.438 e. The van der Waals surface area contributed by atoms with Crippen LogP contribution in [0.25, 0.3) is 10.9 Å². The van der Waals surface area contributed by atoms with Gasteiger partial charge in [0.15, 0.2) is 0 Å². The lowest BCUT2D eigenvalue weighted by Gasteiger charge is -2.14. The van der Waals surface area contributed by atoms with Gasteiger partial charge in [0.1, 0.15) is 11.3 Å². The Morgan fingerprint density at radius 3 is 2.27 bits per heavy atom. The number of fused-ring (bicyclic) bond motifs is 1. The van der Waals surface area contributed by atoms with E-state index in [-0.39, 0.29) is 17.7 Å². The first kappa shape index (κ1) is 22.3. The highest BCUT2D eigenvalue weighted by molar-refractivity contribution is 5.79. The van der Waals surface area contributed by atoms with E-state index in [0.29, 0.717) is 11.1 Å². The van der Waals surface area contributed by atoms with Crippen molar-refractivity contribution >= 4 is 10.9 Å². The summed E-state index contributed by atoms with van der Waals surface area (Å²) in [4.78, 5) is 19.6. The summed E-state index contributed by atoms with van der Waals surface area (Å²) < 4.78 is 84.6. The molecule has 0 atom stereocenters. The summed E-state index contributed by atoms with van der Waals surface area (Å²) in [5.41, 5.74) is -1.60. The van der Waals surface area contributed by atoms with Gasteiger partial charge in [-0.1, -0.05) is 12.1 Å². The quantitative estimate of drug-likeness (QED) is 0.365. The van der Waals surface area contributed by atoms with E-state index >= 15 is 0 Å². The number of ether oxygens (including phenoxy) is 1. The number of hydrogen-bond donors (Lipinski definition) is 0. The summed E-state index contributed by atoms with van der Waals surface area (Å²) in [6, 6.07) is 10.5. The van der Waals surface area contributed by atoms with Gasteiger partial charge in [0.05, 0.1) is 22.8 Å². The fraction of sp³-hybridized carbons (Fsp3) is 0.136. The minimum atomic E-state index is -4.68. The summed E-state index contributed by atoms with van der Waals surface area (Å²) in [5, 5.41) is 0.0615. The van der Waals surface area contributed by atoms with Gasteiger partial charge in [-0.25, -0.2) is 4.98 Å². The fourth-order valence-electron chi connectivity index (χ4n) is 3.18. The van der Waals surface area contributed by atoms with Crippen LogP contribution in [0.3, 0.4) is 0 Å². The van der Waals surface area contributed by atoms with Crippen molar-refractivity contribution in [3.05, 3.63) is 94.2 Å². The van der Waals surface area contributed by atoms with Crippen LogP contribution in [0.5, 0.6) is 11.6 Å². The van der Waals surface area contributed by atoms with E-state index in [1.165, 1.54) is 41.2 Å². The van der Waals surface area contributed by atoms with E-state index in [2.05, 4.69) is 9.97 Å². The SMILES string of the molecule is O=c1ncn(Cc2ccc(C(F)(F)F)cc2)c2ccc(Oc3ncccc3C(F)(F)F)cc12. The van der Waals surface area contributed by atoms with Crippen LogP contribution >= 0.6 is 0 Å². The Morgan fingerprint density at radius 1 is 0.879 bits per heavy atom. The second-order valence-electron chi connectivity index (χ2n) is 7.01. The molecule has 2 aromatic heterocycles. The van der Waals surface area contributed by atoms with E-state index < -0.39 is 34.9 Å². The van der Waals surface area contributed by atoms with Gasteiger partial charge in [-0.2, -0.15) is 31.3 Å². The Kier molecular flexibility index (Phi) is 5.56. The summed E-state index contributed by atoms with van der Waals surface area (Å²) in [7, 11) is 0. The molecule has 0 spiro atoms. The average Bonchev–Trinajstić information content (AvgIpc) is 2.75. The molecule has 0 radical (unpaired) electrons. The van der Waals surface area contributed by atoms with Crippen molar-refractivity contribution in [3.63, 3.8) is 0 Å². The zero-order valence-corrected chi connectivity index (χ0v) is 16.5. The molecule has 0 aliphatic carbocycles. The van der Waals surface area contributed by atoms with Crippen LogP contribution in [0, 0.1) is 0 Å². The molecule has 0 aliphatic rings. The Morgan fingerprint density at radius 2 is 1.61 bits per heavy atom. The molecular weight excluding hydrogens is 452 g/mol. The molecule has 0 aliphatic heterocycles. The van der Waals surface area contributed by atoms with E-state index in [4.69, 9.17) is 4.74 Å². The standard InChI is InChI=1S/C22H13F6N3O2/c23-21(24,25)14-5-3-13(4-6-14)11-31-12-30-19(32)16-10-15(7-8-18(16)31)33-20-17(22(26,27)28)2-1-9-29-20/h1-10,12H,11H2. The van der Waals surface area contributed by atoms with E-state index in [9.17, 15) is 31.1 Å². The molecule has 0 N–H and O–H groups in total. The topological polar surface area (TPSA) is 57.0 Å². The van der Waals surface area contributed by atoms with Gasteiger partial charge in [-0.05, 0) is 48.0 Å². The molecule has 4 rings (SSSR count). The molecule has 4 aromatic rings. The first-order chi connectivity index (χ1) is 15.5. The predicted molar refractivity (Wildman–Crippen MR) is 106 cm³/mol. The summed E-state index contributed by atoms with van der Waals surface area (Å²) in [6.07, 6.45) is -6.76. The van der Waals surface area contributed by atoms with Crippen molar-refractivity contribution in [2.45, 2.75) is 18.9 Å². The second-order valence-corrected chi connectivity index (χ2v) is 7.01. The molecule has 11 heteroatoms. The lowest BCUT2D eigenvalue weighted by atomic mass is 10.1. The number of hydrogen-bond acceptors (Lipinski definition) is 4. The maximum atomic E-state index is 13.2. The van der Waals surface area contributed by atoms with Gasteiger partial charge in [0.2, 0.25) is 5.88 Å². The molecule has 0 bridgehead atoms. The molecule has 5 nitrogen and oxygen atoms in total. The molecule has 2 heterocycles. The second kappa shape index (κ2) is 8.23. The Labute approximate surface area is 181 Å². The fourth-order valence-corrected chi connectivity index (χ4v) is 3.18. The monoisotopic (exact) mass is 465 g/mol. The van der Waals surface area contributed by atoms with Crippen molar-refractivity contribution in [2.75, 3.05) is 0 Å². The zero-order chi connectivity index (χ0) is 23.8. The van der Waals surface area contributed by atoms with Crippen LogP contribution in [-0.4, -0.2) is 14.5 Å². The van der Waals surface area contributed by atoms with Crippen LogP contribution in [0.2, 0.25) is 0 Å². The highest BCUT2D eigenvalue weighted by Gasteiger charge is 2.35. The van der Waals surface area contributed by atoms with Crippen LogP contribution in [0.15, 0.2) is 71.9 Å². The number of aromatic nitrogens is 3. The molecular formula is C22H13F6N3O2. The van der Waals surface area contributed by atoms with Gasteiger partial charge in [-0.15, -0.1) is 0 Å².